The molecule has 1 aliphatic rings. The average Bonchev–Trinajstić information content (AvgIpc) is 3.16. The highest BCUT2D eigenvalue weighted by atomic mass is 16.5. The van der Waals surface area contributed by atoms with Crippen LogP contribution in [0.4, 0.5) is 0 Å². The van der Waals surface area contributed by atoms with E-state index >= 15 is 0 Å². The molecule has 6 heteroatoms. The first-order chi connectivity index (χ1) is 12.7. The Morgan fingerprint density at radius 1 is 1.31 bits per heavy atom. The first-order valence-corrected chi connectivity index (χ1v) is 9.50. The van der Waals surface area contributed by atoms with Crippen LogP contribution in [0.25, 0.3) is 0 Å². The number of aliphatic imine (C=N–C) groups is 1. The highest BCUT2D eigenvalue weighted by molar-refractivity contribution is 5.79. The Morgan fingerprint density at radius 2 is 2.15 bits per heavy atom. The van der Waals surface area contributed by atoms with Gasteiger partial charge in [0.05, 0.1) is 25.4 Å². The summed E-state index contributed by atoms with van der Waals surface area (Å²) >= 11 is 0. The molecule has 1 aromatic rings. The molecule has 0 radical (unpaired) electrons. The van der Waals surface area contributed by atoms with Crippen LogP contribution in [0.5, 0.6) is 0 Å². The summed E-state index contributed by atoms with van der Waals surface area (Å²) in [7, 11) is 1.79. The van der Waals surface area contributed by atoms with E-state index in [-0.39, 0.29) is 12.2 Å². The summed E-state index contributed by atoms with van der Waals surface area (Å²) in [6, 6.07) is 8.43. The Morgan fingerprint density at radius 3 is 2.88 bits per heavy atom. The fourth-order valence-electron chi connectivity index (χ4n) is 2.67. The zero-order valence-corrected chi connectivity index (χ0v) is 16.3. The highest BCUT2D eigenvalue weighted by Gasteiger charge is 2.15. The molecule has 2 rings (SSSR count). The molecule has 0 saturated carbocycles. The van der Waals surface area contributed by atoms with E-state index in [2.05, 4.69) is 39.9 Å². The minimum atomic E-state index is 0.241. The lowest BCUT2D eigenvalue weighted by atomic mass is 10.1. The largest absolute Gasteiger partial charge is 0.379 e. The van der Waals surface area contributed by atoms with Gasteiger partial charge in [0, 0.05) is 33.4 Å². The molecule has 1 fully saturated rings. The fourth-order valence-corrected chi connectivity index (χ4v) is 2.67. The maximum Gasteiger partial charge on any atom is 0.191 e. The molecule has 2 N–H and O–H groups in total. The minimum Gasteiger partial charge on any atom is -0.379 e. The third-order valence-corrected chi connectivity index (χ3v) is 4.11. The topological polar surface area (TPSA) is 64.1 Å². The number of rotatable bonds is 10. The quantitative estimate of drug-likeness (QED) is 0.380. The predicted octanol–water partition coefficient (Wildman–Crippen LogP) is 2.47. The third kappa shape index (κ3) is 8.17. The maximum absolute atomic E-state index is 5.76. The second-order valence-electron chi connectivity index (χ2n) is 6.74. The predicted molar refractivity (Wildman–Crippen MR) is 104 cm³/mol. The van der Waals surface area contributed by atoms with Crippen LogP contribution < -0.4 is 10.6 Å². The van der Waals surface area contributed by atoms with E-state index in [1.165, 1.54) is 11.1 Å². The number of benzene rings is 1. The van der Waals surface area contributed by atoms with E-state index in [1.54, 1.807) is 7.05 Å². The number of hydrogen-bond donors (Lipinski definition) is 2. The number of guanidine groups is 1. The van der Waals surface area contributed by atoms with E-state index in [1.807, 2.05) is 13.8 Å². The molecule has 0 bridgehead atoms. The molecule has 6 nitrogen and oxygen atoms in total. The van der Waals surface area contributed by atoms with Crippen molar-refractivity contribution in [2.24, 2.45) is 4.99 Å². The van der Waals surface area contributed by atoms with Gasteiger partial charge in [-0.15, -0.1) is 0 Å². The smallest absolute Gasteiger partial charge is 0.191 e. The average molecular weight is 364 g/mol. The summed E-state index contributed by atoms with van der Waals surface area (Å²) in [6.45, 7) is 8.60. The van der Waals surface area contributed by atoms with Crippen LogP contribution in [0.15, 0.2) is 29.3 Å². The summed E-state index contributed by atoms with van der Waals surface area (Å²) in [5, 5.41) is 6.67. The number of hydrogen-bond acceptors (Lipinski definition) is 4. The van der Waals surface area contributed by atoms with Gasteiger partial charge in [0.1, 0.15) is 0 Å². The van der Waals surface area contributed by atoms with Gasteiger partial charge in [-0.1, -0.05) is 24.3 Å². The van der Waals surface area contributed by atoms with Gasteiger partial charge < -0.3 is 24.8 Å². The molecule has 0 spiro atoms. The van der Waals surface area contributed by atoms with Crippen molar-refractivity contribution in [1.29, 1.82) is 0 Å². The Labute approximate surface area is 157 Å². The number of ether oxygens (including phenoxy) is 3. The van der Waals surface area contributed by atoms with Crippen molar-refractivity contribution in [3.05, 3.63) is 35.4 Å². The maximum atomic E-state index is 5.76. The van der Waals surface area contributed by atoms with E-state index in [0.717, 1.165) is 51.7 Å². The van der Waals surface area contributed by atoms with Crippen molar-refractivity contribution >= 4 is 5.96 Å². The van der Waals surface area contributed by atoms with Crippen molar-refractivity contribution in [1.82, 2.24) is 10.6 Å². The molecule has 1 atom stereocenters. The lowest BCUT2D eigenvalue weighted by Gasteiger charge is -2.14. The van der Waals surface area contributed by atoms with Gasteiger partial charge in [0.15, 0.2) is 5.96 Å². The fraction of sp³-hybridized carbons (Fsp3) is 0.650. The van der Waals surface area contributed by atoms with E-state index in [4.69, 9.17) is 14.2 Å². The molecular weight excluding hydrogens is 330 g/mol. The molecule has 1 aromatic carbocycles. The van der Waals surface area contributed by atoms with Crippen LogP contribution in [0.2, 0.25) is 0 Å². The summed E-state index contributed by atoms with van der Waals surface area (Å²) in [4.78, 5) is 4.27. The van der Waals surface area contributed by atoms with Crippen molar-refractivity contribution < 1.29 is 14.2 Å². The van der Waals surface area contributed by atoms with Crippen molar-refractivity contribution in [3.8, 4) is 0 Å². The Bertz CT molecular complexity index is 543. The second-order valence-corrected chi connectivity index (χ2v) is 6.74. The zero-order valence-electron chi connectivity index (χ0n) is 16.3. The Hall–Kier alpha value is -1.63. The molecule has 26 heavy (non-hydrogen) atoms. The molecule has 1 aliphatic heterocycles. The van der Waals surface area contributed by atoms with Crippen LogP contribution in [0, 0.1) is 0 Å². The lowest BCUT2D eigenvalue weighted by molar-refractivity contribution is 0.0420. The van der Waals surface area contributed by atoms with Gasteiger partial charge in [0.2, 0.25) is 0 Å². The molecule has 1 heterocycles. The third-order valence-electron chi connectivity index (χ3n) is 4.11. The first kappa shape index (κ1) is 20.7. The zero-order chi connectivity index (χ0) is 18.6. The molecule has 0 amide bonds. The van der Waals surface area contributed by atoms with Crippen LogP contribution in [-0.4, -0.2) is 51.6 Å². The van der Waals surface area contributed by atoms with Crippen LogP contribution in [0.1, 0.15) is 37.8 Å². The van der Waals surface area contributed by atoms with Gasteiger partial charge in [0.25, 0.3) is 0 Å². The standard InChI is InChI=1S/C20H33N3O3/c1-16(2)26-14-18-7-4-6-17(12-18)13-23-20(21-3)22-9-5-10-25-19-8-11-24-15-19/h4,6-7,12,16,19H,5,8-11,13-15H2,1-3H3,(H2,21,22,23). The molecule has 146 valence electrons. The van der Waals surface area contributed by atoms with Gasteiger partial charge in [-0.2, -0.15) is 0 Å². The lowest BCUT2D eigenvalue weighted by Crippen LogP contribution is -2.37. The number of nitrogens with one attached hydrogen (secondary N) is 2. The minimum absolute atomic E-state index is 0.241. The van der Waals surface area contributed by atoms with Crippen molar-refractivity contribution in [2.75, 3.05) is 33.4 Å². The number of nitrogens with zero attached hydrogens (tertiary/aromatic N) is 1. The molecular formula is C20H33N3O3. The summed E-state index contributed by atoms with van der Waals surface area (Å²) in [6.07, 6.45) is 2.47. The van der Waals surface area contributed by atoms with Crippen LogP contribution in [-0.2, 0) is 27.4 Å². The molecule has 0 aromatic heterocycles. The van der Waals surface area contributed by atoms with Gasteiger partial charge >= 0.3 is 0 Å². The molecule has 0 aliphatic carbocycles. The second kappa shape index (κ2) is 11.9. The van der Waals surface area contributed by atoms with E-state index in [9.17, 15) is 0 Å². The summed E-state index contributed by atoms with van der Waals surface area (Å²) < 4.78 is 16.7. The van der Waals surface area contributed by atoms with Gasteiger partial charge in [-0.25, -0.2) is 0 Å². The monoisotopic (exact) mass is 363 g/mol. The summed E-state index contributed by atoms with van der Waals surface area (Å²) in [5.74, 6) is 0.804. The van der Waals surface area contributed by atoms with Crippen LogP contribution in [0.3, 0.4) is 0 Å². The Balaban J connectivity index is 1.63. The van der Waals surface area contributed by atoms with Gasteiger partial charge in [-0.3, -0.25) is 4.99 Å². The Kier molecular flexibility index (Phi) is 9.45. The van der Waals surface area contributed by atoms with Crippen molar-refractivity contribution in [2.45, 2.75) is 52.0 Å². The SMILES string of the molecule is CN=C(NCCCOC1CCOC1)NCc1cccc(COC(C)C)c1. The van der Waals surface area contributed by atoms with Crippen molar-refractivity contribution in [3.63, 3.8) is 0 Å². The van der Waals surface area contributed by atoms with E-state index in [0.29, 0.717) is 6.61 Å². The van der Waals surface area contributed by atoms with Gasteiger partial charge in [-0.05, 0) is 37.8 Å². The normalized spacial score (nSPS) is 17.7. The highest BCUT2D eigenvalue weighted by Crippen LogP contribution is 2.09. The van der Waals surface area contributed by atoms with E-state index < -0.39 is 0 Å². The van der Waals surface area contributed by atoms with Crippen LogP contribution >= 0.6 is 0 Å². The molecule has 1 saturated heterocycles. The summed E-state index contributed by atoms with van der Waals surface area (Å²) in [5.41, 5.74) is 2.40. The molecule has 1 unspecified atom stereocenters. The first-order valence-electron chi connectivity index (χ1n) is 9.50.